The van der Waals surface area contributed by atoms with Gasteiger partial charge in [-0.2, -0.15) is 0 Å². The number of rotatable bonds is 3. The third-order valence-corrected chi connectivity index (χ3v) is 5.62. The summed E-state index contributed by atoms with van der Waals surface area (Å²) >= 11 is 6.23. The van der Waals surface area contributed by atoms with Crippen LogP contribution in [0.4, 0.5) is 5.69 Å². The van der Waals surface area contributed by atoms with E-state index in [1.807, 2.05) is 25.1 Å². The lowest BCUT2D eigenvalue weighted by atomic mass is 10.1. The lowest BCUT2D eigenvalue weighted by Gasteiger charge is -2.36. The van der Waals surface area contributed by atoms with Gasteiger partial charge in [-0.15, -0.1) is 0 Å². The van der Waals surface area contributed by atoms with Crippen LogP contribution in [0.2, 0.25) is 5.02 Å². The first-order valence-electron chi connectivity index (χ1n) is 6.39. The molecule has 2 N–H and O–H groups in total. The van der Waals surface area contributed by atoms with E-state index in [0.717, 1.165) is 11.3 Å². The Labute approximate surface area is 119 Å². The van der Waals surface area contributed by atoms with Crippen molar-refractivity contribution in [1.82, 2.24) is 0 Å². The molecule has 0 radical (unpaired) electrons. The van der Waals surface area contributed by atoms with Gasteiger partial charge in [0.1, 0.15) is 0 Å². The Morgan fingerprint density at radius 3 is 2.84 bits per heavy atom. The van der Waals surface area contributed by atoms with E-state index in [4.69, 9.17) is 17.3 Å². The van der Waals surface area contributed by atoms with Crippen LogP contribution in [0.1, 0.15) is 12.5 Å². The zero-order valence-electron chi connectivity index (χ0n) is 11.0. The second-order valence-corrected chi connectivity index (χ2v) is 7.57. The standard InChI is InChI=1S/C13H19ClN2O2S/c1-10-9-19(17,18)8-7-16(10)13-4-2-3-12(14)11(13)5-6-15/h2-4,10H,5-9,15H2,1H3. The second-order valence-electron chi connectivity index (χ2n) is 4.93. The molecule has 1 aromatic carbocycles. The van der Waals surface area contributed by atoms with Gasteiger partial charge < -0.3 is 10.6 Å². The molecule has 0 aliphatic carbocycles. The average molecular weight is 303 g/mol. The number of sulfone groups is 1. The molecular formula is C13H19ClN2O2S. The van der Waals surface area contributed by atoms with Crippen LogP contribution in [-0.4, -0.2) is 39.1 Å². The first kappa shape index (κ1) is 14.6. The van der Waals surface area contributed by atoms with Gasteiger partial charge in [-0.05, 0) is 37.6 Å². The molecule has 106 valence electrons. The summed E-state index contributed by atoms with van der Waals surface area (Å²) in [5.41, 5.74) is 7.66. The van der Waals surface area contributed by atoms with Crippen molar-refractivity contribution >= 4 is 27.1 Å². The van der Waals surface area contributed by atoms with Crippen molar-refractivity contribution < 1.29 is 8.42 Å². The van der Waals surface area contributed by atoms with Crippen molar-refractivity contribution in [2.75, 3.05) is 29.5 Å². The molecule has 0 saturated carbocycles. The van der Waals surface area contributed by atoms with Crippen molar-refractivity contribution in [3.05, 3.63) is 28.8 Å². The molecule has 19 heavy (non-hydrogen) atoms. The second kappa shape index (κ2) is 5.69. The fourth-order valence-corrected chi connectivity index (χ4v) is 4.39. The zero-order chi connectivity index (χ0) is 14.0. The molecule has 6 heteroatoms. The van der Waals surface area contributed by atoms with Crippen LogP contribution >= 0.6 is 11.6 Å². The van der Waals surface area contributed by atoms with Crippen LogP contribution in [0.5, 0.6) is 0 Å². The number of nitrogens with zero attached hydrogens (tertiary/aromatic N) is 1. The Kier molecular flexibility index (Phi) is 4.38. The Morgan fingerprint density at radius 2 is 2.21 bits per heavy atom. The molecule has 1 fully saturated rings. The van der Waals surface area contributed by atoms with Crippen LogP contribution < -0.4 is 10.6 Å². The number of hydrogen-bond acceptors (Lipinski definition) is 4. The Bertz CT molecular complexity index is 560. The molecule has 2 rings (SSSR count). The minimum atomic E-state index is -2.91. The predicted octanol–water partition coefficient (Wildman–Crippen LogP) is 1.46. The van der Waals surface area contributed by atoms with E-state index in [0.29, 0.717) is 24.5 Å². The topological polar surface area (TPSA) is 63.4 Å². The summed E-state index contributed by atoms with van der Waals surface area (Å²) in [6.07, 6.45) is 0.699. The molecule has 1 aliphatic heterocycles. The SMILES string of the molecule is CC1CS(=O)(=O)CCN1c1cccc(Cl)c1CCN. The molecule has 1 heterocycles. The van der Waals surface area contributed by atoms with Gasteiger partial charge >= 0.3 is 0 Å². The minimum absolute atomic E-state index is 0.0336. The number of halogens is 1. The molecule has 1 aromatic rings. The van der Waals surface area contributed by atoms with E-state index < -0.39 is 9.84 Å². The van der Waals surface area contributed by atoms with Gasteiger partial charge in [0.05, 0.1) is 11.5 Å². The van der Waals surface area contributed by atoms with Gasteiger partial charge in [0.2, 0.25) is 0 Å². The first-order chi connectivity index (χ1) is 8.94. The summed E-state index contributed by atoms with van der Waals surface area (Å²) in [6, 6.07) is 5.70. The Balaban J connectivity index is 2.34. The highest BCUT2D eigenvalue weighted by molar-refractivity contribution is 7.91. The summed E-state index contributed by atoms with van der Waals surface area (Å²) in [7, 11) is -2.91. The number of nitrogens with two attached hydrogens (primary N) is 1. The zero-order valence-corrected chi connectivity index (χ0v) is 12.5. The molecule has 0 spiro atoms. The van der Waals surface area contributed by atoms with E-state index in [1.54, 1.807) is 0 Å². The minimum Gasteiger partial charge on any atom is -0.367 e. The molecule has 1 aliphatic rings. The number of benzene rings is 1. The molecule has 0 aromatic heterocycles. The van der Waals surface area contributed by atoms with Gasteiger partial charge in [-0.1, -0.05) is 17.7 Å². The van der Waals surface area contributed by atoms with Gasteiger partial charge in [0, 0.05) is 23.3 Å². The van der Waals surface area contributed by atoms with Crippen LogP contribution in [0.15, 0.2) is 18.2 Å². The Hall–Kier alpha value is -0.780. The highest BCUT2D eigenvalue weighted by Gasteiger charge is 2.29. The Morgan fingerprint density at radius 1 is 1.47 bits per heavy atom. The molecular weight excluding hydrogens is 284 g/mol. The maximum atomic E-state index is 11.6. The molecule has 1 unspecified atom stereocenters. The maximum absolute atomic E-state index is 11.6. The molecule has 0 amide bonds. The van der Waals surface area contributed by atoms with Crippen LogP contribution in [0.3, 0.4) is 0 Å². The van der Waals surface area contributed by atoms with Gasteiger partial charge in [-0.3, -0.25) is 0 Å². The van der Waals surface area contributed by atoms with Gasteiger partial charge in [0.25, 0.3) is 0 Å². The van der Waals surface area contributed by atoms with E-state index >= 15 is 0 Å². The van der Waals surface area contributed by atoms with Crippen LogP contribution in [0, 0.1) is 0 Å². The summed E-state index contributed by atoms with van der Waals surface area (Å²) in [6.45, 7) is 2.97. The van der Waals surface area contributed by atoms with Crippen molar-refractivity contribution in [3.8, 4) is 0 Å². The monoisotopic (exact) mass is 302 g/mol. The van der Waals surface area contributed by atoms with E-state index in [2.05, 4.69) is 4.90 Å². The van der Waals surface area contributed by atoms with E-state index in [-0.39, 0.29) is 17.5 Å². The van der Waals surface area contributed by atoms with E-state index in [9.17, 15) is 8.42 Å². The third-order valence-electron chi connectivity index (χ3n) is 3.47. The number of hydrogen-bond donors (Lipinski definition) is 1. The summed E-state index contributed by atoms with van der Waals surface area (Å²) < 4.78 is 23.3. The molecule has 1 saturated heterocycles. The highest BCUT2D eigenvalue weighted by atomic mass is 35.5. The maximum Gasteiger partial charge on any atom is 0.154 e. The summed E-state index contributed by atoms with van der Waals surface area (Å²) in [4.78, 5) is 2.12. The summed E-state index contributed by atoms with van der Waals surface area (Å²) in [5, 5.41) is 0.698. The third kappa shape index (κ3) is 3.22. The normalized spacial score (nSPS) is 22.5. The summed E-state index contributed by atoms with van der Waals surface area (Å²) in [5.74, 6) is 0.396. The highest BCUT2D eigenvalue weighted by Crippen LogP contribution is 2.30. The van der Waals surface area contributed by atoms with Crippen molar-refractivity contribution in [3.63, 3.8) is 0 Å². The van der Waals surface area contributed by atoms with Crippen molar-refractivity contribution in [2.24, 2.45) is 5.73 Å². The number of anilines is 1. The van der Waals surface area contributed by atoms with Gasteiger partial charge in [-0.25, -0.2) is 8.42 Å². The smallest absolute Gasteiger partial charge is 0.154 e. The first-order valence-corrected chi connectivity index (χ1v) is 8.59. The molecule has 4 nitrogen and oxygen atoms in total. The predicted molar refractivity (Wildman–Crippen MR) is 79.7 cm³/mol. The van der Waals surface area contributed by atoms with Crippen LogP contribution in [-0.2, 0) is 16.3 Å². The largest absolute Gasteiger partial charge is 0.367 e. The fourth-order valence-electron chi connectivity index (χ4n) is 2.56. The van der Waals surface area contributed by atoms with Crippen molar-refractivity contribution in [2.45, 2.75) is 19.4 Å². The van der Waals surface area contributed by atoms with Crippen molar-refractivity contribution in [1.29, 1.82) is 0 Å². The fraction of sp³-hybridized carbons (Fsp3) is 0.538. The molecule has 1 atom stereocenters. The van der Waals surface area contributed by atoms with Gasteiger partial charge in [0.15, 0.2) is 9.84 Å². The van der Waals surface area contributed by atoms with E-state index in [1.165, 1.54) is 0 Å². The molecule has 0 bridgehead atoms. The lowest BCUT2D eigenvalue weighted by molar-refractivity contribution is 0.568. The lowest BCUT2D eigenvalue weighted by Crippen LogP contribution is -2.47. The quantitative estimate of drug-likeness (QED) is 0.918. The van der Waals surface area contributed by atoms with Crippen LogP contribution in [0.25, 0.3) is 0 Å². The average Bonchev–Trinajstić information content (AvgIpc) is 2.31.